The first-order valence-electron chi connectivity index (χ1n) is 9.79. The van der Waals surface area contributed by atoms with Crippen LogP contribution in [0.3, 0.4) is 0 Å². The van der Waals surface area contributed by atoms with E-state index in [1.165, 1.54) is 10.5 Å². The number of hydrogen-bond acceptors (Lipinski definition) is 3. The van der Waals surface area contributed by atoms with E-state index in [0.29, 0.717) is 23.5 Å². The van der Waals surface area contributed by atoms with Crippen molar-refractivity contribution in [1.29, 1.82) is 0 Å². The fraction of sp³-hybridized carbons (Fsp3) is 0.435. The molecular formula is C23H29NO2S. The number of ether oxygens (including phenoxy) is 1. The lowest BCUT2D eigenvalue weighted by atomic mass is 10.0. The third kappa shape index (κ3) is 5.77. The molecule has 0 radical (unpaired) electrons. The van der Waals surface area contributed by atoms with Gasteiger partial charge in [0.2, 0.25) is 5.91 Å². The fourth-order valence-electron chi connectivity index (χ4n) is 3.46. The minimum absolute atomic E-state index is 0.320. The van der Waals surface area contributed by atoms with Crippen LogP contribution in [-0.2, 0) is 4.79 Å². The highest BCUT2D eigenvalue weighted by molar-refractivity contribution is 7.99. The minimum atomic E-state index is 0.320. The van der Waals surface area contributed by atoms with Crippen LogP contribution >= 0.6 is 11.8 Å². The first-order valence-corrected chi connectivity index (χ1v) is 10.7. The molecule has 1 saturated heterocycles. The quantitative estimate of drug-likeness (QED) is 0.586. The summed E-state index contributed by atoms with van der Waals surface area (Å²) in [5, 5.41) is 0.327. The Kier molecular flexibility index (Phi) is 7.22. The van der Waals surface area contributed by atoms with Crippen LogP contribution in [0, 0.1) is 5.92 Å². The zero-order valence-electron chi connectivity index (χ0n) is 16.3. The Bertz CT molecular complexity index is 717. The Hall–Kier alpha value is -1.94. The van der Waals surface area contributed by atoms with Crippen LogP contribution in [0.2, 0.25) is 0 Å². The number of rotatable bonds is 7. The predicted molar refractivity (Wildman–Crippen MR) is 112 cm³/mol. The van der Waals surface area contributed by atoms with E-state index in [9.17, 15) is 4.79 Å². The van der Waals surface area contributed by atoms with E-state index in [4.69, 9.17) is 4.74 Å². The van der Waals surface area contributed by atoms with Crippen molar-refractivity contribution in [3.8, 4) is 5.75 Å². The molecule has 0 bridgehead atoms. The van der Waals surface area contributed by atoms with Gasteiger partial charge in [-0.3, -0.25) is 4.79 Å². The molecule has 1 aliphatic rings. The van der Waals surface area contributed by atoms with Crippen LogP contribution in [0.1, 0.15) is 43.4 Å². The van der Waals surface area contributed by atoms with Gasteiger partial charge in [-0.05, 0) is 55.0 Å². The van der Waals surface area contributed by atoms with Crippen molar-refractivity contribution in [2.75, 3.05) is 20.2 Å². The van der Waals surface area contributed by atoms with E-state index >= 15 is 0 Å². The van der Waals surface area contributed by atoms with Crippen LogP contribution in [0.15, 0.2) is 59.5 Å². The van der Waals surface area contributed by atoms with Crippen molar-refractivity contribution in [2.45, 2.75) is 42.8 Å². The summed E-state index contributed by atoms with van der Waals surface area (Å²) in [5.74, 6) is 1.85. The summed E-state index contributed by atoms with van der Waals surface area (Å²) in [6, 6.07) is 18.8. The molecule has 2 aromatic rings. The van der Waals surface area contributed by atoms with E-state index in [2.05, 4.69) is 54.3 Å². The monoisotopic (exact) mass is 383 g/mol. The van der Waals surface area contributed by atoms with Crippen LogP contribution < -0.4 is 4.74 Å². The van der Waals surface area contributed by atoms with E-state index in [1.807, 2.05) is 23.9 Å². The normalized spacial score (nSPS) is 18.8. The van der Waals surface area contributed by atoms with Gasteiger partial charge in [0, 0.05) is 29.7 Å². The number of hydrogen-bond donors (Lipinski definition) is 0. The van der Waals surface area contributed by atoms with Gasteiger partial charge in [0.1, 0.15) is 5.75 Å². The average molecular weight is 384 g/mol. The summed E-state index contributed by atoms with van der Waals surface area (Å²) in [6.07, 6.45) is 3.80. The van der Waals surface area contributed by atoms with Crippen molar-refractivity contribution >= 4 is 17.7 Å². The summed E-state index contributed by atoms with van der Waals surface area (Å²) < 4.78 is 5.26. The Labute approximate surface area is 167 Å². The standard InChI is InChI=1S/C23H29NO2S/c1-18-8-13-23(25)24(16-14-18)17-15-22(19-6-4-3-5-7-19)27-21-11-9-20(26-2)10-12-21/h3-7,9-12,18,22H,8,13-17H2,1-2H3. The molecule has 2 aromatic carbocycles. The average Bonchev–Trinajstić information content (AvgIpc) is 2.87. The van der Waals surface area contributed by atoms with Gasteiger partial charge in [0.25, 0.3) is 0 Å². The molecule has 1 fully saturated rings. The SMILES string of the molecule is COc1ccc(SC(CCN2CCC(C)CCC2=O)c2ccccc2)cc1. The van der Waals surface area contributed by atoms with Crippen molar-refractivity contribution < 1.29 is 9.53 Å². The van der Waals surface area contributed by atoms with Gasteiger partial charge >= 0.3 is 0 Å². The number of benzene rings is 2. The molecular weight excluding hydrogens is 354 g/mol. The molecule has 0 aromatic heterocycles. The summed E-state index contributed by atoms with van der Waals surface area (Å²) in [6.45, 7) is 3.98. The molecule has 1 amide bonds. The molecule has 0 spiro atoms. The molecule has 27 heavy (non-hydrogen) atoms. The third-order valence-electron chi connectivity index (χ3n) is 5.27. The van der Waals surface area contributed by atoms with Crippen LogP contribution in [-0.4, -0.2) is 31.0 Å². The van der Waals surface area contributed by atoms with Crippen molar-refractivity contribution in [2.24, 2.45) is 5.92 Å². The highest BCUT2D eigenvalue weighted by Gasteiger charge is 2.22. The lowest BCUT2D eigenvalue weighted by Gasteiger charge is -2.24. The number of amides is 1. The van der Waals surface area contributed by atoms with E-state index in [-0.39, 0.29) is 0 Å². The third-order valence-corrected chi connectivity index (χ3v) is 6.60. The predicted octanol–water partition coefficient (Wildman–Crippen LogP) is 5.57. The molecule has 0 N–H and O–H groups in total. The molecule has 0 aliphatic carbocycles. The summed E-state index contributed by atoms with van der Waals surface area (Å²) in [4.78, 5) is 15.7. The molecule has 1 heterocycles. The molecule has 1 aliphatic heterocycles. The Balaban J connectivity index is 1.69. The minimum Gasteiger partial charge on any atom is -0.497 e. The van der Waals surface area contributed by atoms with Gasteiger partial charge in [0.05, 0.1) is 7.11 Å². The van der Waals surface area contributed by atoms with E-state index < -0.39 is 0 Å². The number of nitrogens with zero attached hydrogens (tertiary/aromatic N) is 1. The maximum Gasteiger partial charge on any atom is 0.222 e. The number of likely N-dealkylation sites (tertiary alicyclic amines) is 1. The number of thioether (sulfide) groups is 1. The molecule has 4 heteroatoms. The van der Waals surface area contributed by atoms with Gasteiger partial charge in [-0.2, -0.15) is 0 Å². The van der Waals surface area contributed by atoms with Gasteiger partial charge in [-0.15, -0.1) is 11.8 Å². The topological polar surface area (TPSA) is 29.5 Å². The summed E-state index contributed by atoms with van der Waals surface area (Å²) >= 11 is 1.86. The Morgan fingerprint density at radius 3 is 2.56 bits per heavy atom. The van der Waals surface area contributed by atoms with Gasteiger partial charge in [-0.25, -0.2) is 0 Å². The van der Waals surface area contributed by atoms with Crippen LogP contribution in [0.4, 0.5) is 0 Å². The molecule has 3 rings (SSSR count). The van der Waals surface area contributed by atoms with Gasteiger partial charge < -0.3 is 9.64 Å². The van der Waals surface area contributed by atoms with Gasteiger partial charge in [0.15, 0.2) is 0 Å². The second kappa shape index (κ2) is 9.84. The van der Waals surface area contributed by atoms with Crippen molar-refractivity contribution in [1.82, 2.24) is 4.90 Å². The summed E-state index contributed by atoms with van der Waals surface area (Å²) in [5.41, 5.74) is 1.31. The largest absolute Gasteiger partial charge is 0.497 e. The van der Waals surface area contributed by atoms with Crippen LogP contribution in [0.5, 0.6) is 5.75 Å². The zero-order chi connectivity index (χ0) is 19.1. The Morgan fingerprint density at radius 1 is 1.11 bits per heavy atom. The lowest BCUT2D eigenvalue weighted by molar-refractivity contribution is -0.130. The molecule has 0 saturated carbocycles. The smallest absolute Gasteiger partial charge is 0.222 e. The van der Waals surface area contributed by atoms with Crippen molar-refractivity contribution in [3.63, 3.8) is 0 Å². The number of carbonyl (C=O) groups is 1. The lowest BCUT2D eigenvalue weighted by Crippen LogP contribution is -2.31. The Morgan fingerprint density at radius 2 is 1.85 bits per heavy atom. The van der Waals surface area contributed by atoms with Crippen LogP contribution in [0.25, 0.3) is 0 Å². The van der Waals surface area contributed by atoms with E-state index in [0.717, 1.165) is 38.1 Å². The molecule has 144 valence electrons. The second-order valence-electron chi connectivity index (χ2n) is 7.29. The molecule has 2 atom stereocenters. The first-order chi connectivity index (χ1) is 13.2. The number of methoxy groups -OCH3 is 1. The second-order valence-corrected chi connectivity index (χ2v) is 8.57. The highest BCUT2D eigenvalue weighted by atomic mass is 32.2. The maximum absolute atomic E-state index is 12.4. The zero-order valence-corrected chi connectivity index (χ0v) is 17.1. The maximum atomic E-state index is 12.4. The first kappa shape index (κ1) is 19.8. The highest BCUT2D eigenvalue weighted by Crippen LogP contribution is 2.38. The fourth-order valence-corrected chi connectivity index (χ4v) is 4.60. The van der Waals surface area contributed by atoms with E-state index in [1.54, 1.807) is 7.11 Å². The van der Waals surface area contributed by atoms with Crippen molar-refractivity contribution in [3.05, 3.63) is 60.2 Å². The molecule has 2 unspecified atom stereocenters. The summed E-state index contributed by atoms with van der Waals surface area (Å²) in [7, 11) is 1.69. The molecule has 3 nitrogen and oxygen atoms in total. The number of carbonyl (C=O) groups excluding carboxylic acids is 1. The van der Waals surface area contributed by atoms with Gasteiger partial charge in [-0.1, -0.05) is 37.3 Å².